The molecule has 0 spiro atoms. The van der Waals surface area contributed by atoms with Crippen LogP contribution in [-0.2, 0) is 9.53 Å². The van der Waals surface area contributed by atoms with E-state index in [4.69, 9.17) is 16.3 Å². The standard InChI is InChI=1S/C21H32ClNO2/c22-21-11-15-8-16(12-21)10-20(9-15,14-21)19(24)25-13-17-4-3-7-23-6-2-1-5-18(17)23/h15-18H,1-14H2/t15-,16-,17+,18-,20?,21?/m0/s1. The Hall–Kier alpha value is -0.280. The summed E-state index contributed by atoms with van der Waals surface area (Å²) in [5, 5.41) is 0. The summed E-state index contributed by atoms with van der Waals surface area (Å²) in [6, 6.07) is 0.658. The maximum Gasteiger partial charge on any atom is 0.312 e. The lowest BCUT2D eigenvalue weighted by Crippen LogP contribution is -2.56. The number of hydrogen-bond donors (Lipinski definition) is 0. The Morgan fingerprint density at radius 2 is 1.80 bits per heavy atom. The first kappa shape index (κ1) is 16.9. The normalized spacial score (nSPS) is 49.0. The number of ether oxygens (including phenoxy) is 1. The van der Waals surface area contributed by atoms with Crippen molar-refractivity contribution in [1.29, 1.82) is 0 Å². The molecule has 4 heteroatoms. The van der Waals surface area contributed by atoms with E-state index in [-0.39, 0.29) is 16.3 Å². The van der Waals surface area contributed by atoms with Gasteiger partial charge in [0.1, 0.15) is 0 Å². The first-order valence-corrected chi connectivity index (χ1v) is 11.0. The Bertz CT molecular complexity index is 534. The van der Waals surface area contributed by atoms with E-state index in [0.717, 1.165) is 32.1 Å². The maximum atomic E-state index is 13.1. The number of hydrogen-bond acceptors (Lipinski definition) is 3. The fourth-order valence-corrected chi connectivity index (χ4v) is 8.19. The highest BCUT2D eigenvalue weighted by Crippen LogP contribution is 2.64. The molecule has 4 bridgehead atoms. The quantitative estimate of drug-likeness (QED) is 0.549. The predicted molar refractivity (Wildman–Crippen MR) is 98.6 cm³/mol. The van der Waals surface area contributed by atoms with Crippen LogP contribution in [0.4, 0.5) is 0 Å². The minimum absolute atomic E-state index is 0.0968. The molecular formula is C21H32ClNO2. The van der Waals surface area contributed by atoms with Gasteiger partial charge in [0.05, 0.1) is 12.0 Å². The third-order valence-corrected chi connectivity index (χ3v) is 8.52. The van der Waals surface area contributed by atoms with E-state index >= 15 is 0 Å². The molecule has 0 aromatic heterocycles. The van der Waals surface area contributed by atoms with Crippen molar-refractivity contribution in [2.75, 3.05) is 19.7 Å². The predicted octanol–water partition coefficient (Wildman–Crippen LogP) is 4.37. The van der Waals surface area contributed by atoms with Gasteiger partial charge in [-0.1, -0.05) is 6.42 Å². The smallest absolute Gasteiger partial charge is 0.312 e. The molecule has 25 heavy (non-hydrogen) atoms. The van der Waals surface area contributed by atoms with Crippen LogP contribution in [0.25, 0.3) is 0 Å². The van der Waals surface area contributed by atoms with E-state index in [9.17, 15) is 4.79 Å². The monoisotopic (exact) mass is 365 g/mol. The van der Waals surface area contributed by atoms with Gasteiger partial charge in [0, 0.05) is 16.8 Å². The number of carbonyl (C=O) groups is 1. The number of alkyl halides is 1. The van der Waals surface area contributed by atoms with Crippen molar-refractivity contribution in [2.24, 2.45) is 23.2 Å². The molecule has 2 heterocycles. The second-order valence-electron chi connectivity index (χ2n) is 9.99. The highest BCUT2D eigenvalue weighted by Gasteiger charge is 2.60. The molecule has 0 aromatic carbocycles. The van der Waals surface area contributed by atoms with Gasteiger partial charge in [-0.25, -0.2) is 0 Å². The summed E-state index contributed by atoms with van der Waals surface area (Å²) in [5.74, 6) is 1.97. The number of rotatable bonds is 3. The van der Waals surface area contributed by atoms with E-state index in [1.807, 2.05) is 0 Å². The van der Waals surface area contributed by atoms with Crippen LogP contribution in [0.15, 0.2) is 0 Å². The van der Waals surface area contributed by atoms with E-state index in [0.29, 0.717) is 30.4 Å². The SMILES string of the molecule is O=C(OC[C@H]1CCCN2CCCC[C@@H]12)C12C[C@@H]3C[C@H](CC(Cl)(C3)C1)C2. The van der Waals surface area contributed by atoms with Crippen LogP contribution >= 0.6 is 11.6 Å². The van der Waals surface area contributed by atoms with Crippen LogP contribution in [0.3, 0.4) is 0 Å². The van der Waals surface area contributed by atoms with Gasteiger partial charge < -0.3 is 4.74 Å². The van der Waals surface area contributed by atoms with Crippen molar-refractivity contribution < 1.29 is 9.53 Å². The van der Waals surface area contributed by atoms with Gasteiger partial charge in [-0.2, -0.15) is 0 Å². The molecule has 4 atom stereocenters. The second-order valence-corrected chi connectivity index (χ2v) is 10.8. The first-order valence-electron chi connectivity index (χ1n) is 10.7. The van der Waals surface area contributed by atoms with Crippen molar-refractivity contribution in [3.63, 3.8) is 0 Å². The second kappa shape index (κ2) is 6.12. The molecule has 0 unspecified atom stereocenters. The minimum Gasteiger partial charge on any atom is -0.465 e. The van der Waals surface area contributed by atoms with Gasteiger partial charge in [-0.05, 0) is 89.1 Å². The van der Waals surface area contributed by atoms with Crippen LogP contribution in [0.2, 0.25) is 0 Å². The molecule has 4 aliphatic carbocycles. The summed E-state index contributed by atoms with van der Waals surface area (Å²) in [6.07, 6.45) is 13.0. The van der Waals surface area contributed by atoms with Gasteiger partial charge in [0.15, 0.2) is 0 Å². The Morgan fingerprint density at radius 3 is 2.56 bits per heavy atom. The topological polar surface area (TPSA) is 29.5 Å². The molecular weight excluding hydrogens is 334 g/mol. The summed E-state index contributed by atoms with van der Waals surface area (Å²) in [4.78, 5) is 15.7. The number of esters is 1. The van der Waals surface area contributed by atoms with Gasteiger partial charge in [-0.3, -0.25) is 9.69 Å². The van der Waals surface area contributed by atoms with Gasteiger partial charge in [-0.15, -0.1) is 11.6 Å². The van der Waals surface area contributed by atoms with Crippen molar-refractivity contribution in [3.8, 4) is 0 Å². The summed E-state index contributed by atoms with van der Waals surface area (Å²) in [6.45, 7) is 3.14. The molecule has 140 valence electrons. The van der Waals surface area contributed by atoms with Crippen LogP contribution in [0, 0.1) is 23.2 Å². The largest absolute Gasteiger partial charge is 0.465 e. The van der Waals surface area contributed by atoms with Crippen molar-refractivity contribution in [2.45, 2.75) is 81.5 Å². The zero-order valence-corrected chi connectivity index (χ0v) is 16.1. The zero-order chi connectivity index (χ0) is 17.1. The highest BCUT2D eigenvalue weighted by atomic mass is 35.5. The molecule has 0 radical (unpaired) electrons. The van der Waals surface area contributed by atoms with Crippen molar-refractivity contribution in [1.82, 2.24) is 4.90 Å². The molecule has 0 N–H and O–H groups in total. The molecule has 6 rings (SSSR count). The average Bonchev–Trinajstić information content (AvgIpc) is 2.57. The minimum atomic E-state index is -0.243. The summed E-state index contributed by atoms with van der Waals surface area (Å²) < 4.78 is 6.04. The third kappa shape index (κ3) is 2.94. The number of piperidine rings is 2. The maximum absolute atomic E-state index is 13.1. The Morgan fingerprint density at radius 1 is 1.04 bits per heavy atom. The Balaban J connectivity index is 1.25. The lowest BCUT2D eigenvalue weighted by molar-refractivity contribution is -0.172. The average molecular weight is 366 g/mol. The fraction of sp³-hybridized carbons (Fsp3) is 0.952. The molecule has 2 saturated heterocycles. The summed E-state index contributed by atoms with van der Waals surface area (Å²) in [7, 11) is 0. The van der Waals surface area contributed by atoms with E-state index in [1.54, 1.807) is 0 Å². The molecule has 0 aromatic rings. The van der Waals surface area contributed by atoms with Crippen LogP contribution < -0.4 is 0 Å². The zero-order valence-electron chi connectivity index (χ0n) is 15.4. The Labute approximate surface area is 156 Å². The number of carbonyl (C=O) groups excluding carboxylic acids is 1. The summed E-state index contributed by atoms with van der Waals surface area (Å²) >= 11 is 6.89. The van der Waals surface area contributed by atoms with Crippen LogP contribution in [0.1, 0.15) is 70.6 Å². The van der Waals surface area contributed by atoms with Crippen LogP contribution in [-0.4, -0.2) is 41.5 Å². The lowest BCUT2D eigenvalue weighted by Gasteiger charge is -2.58. The molecule has 2 aliphatic heterocycles. The van der Waals surface area contributed by atoms with E-state index in [2.05, 4.69) is 4.90 Å². The summed E-state index contributed by atoms with van der Waals surface area (Å²) in [5.41, 5.74) is -0.243. The van der Waals surface area contributed by atoms with Gasteiger partial charge in [0.2, 0.25) is 0 Å². The van der Waals surface area contributed by atoms with Crippen molar-refractivity contribution in [3.05, 3.63) is 0 Å². The van der Waals surface area contributed by atoms with E-state index in [1.165, 1.54) is 51.6 Å². The number of nitrogens with zero attached hydrogens (tertiary/aromatic N) is 1. The van der Waals surface area contributed by atoms with Gasteiger partial charge >= 0.3 is 5.97 Å². The van der Waals surface area contributed by atoms with Crippen LogP contribution in [0.5, 0.6) is 0 Å². The fourth-order valence-electron chi connectivity index (χ4n) is 7.50. The lowest BCUT2D eigenvalue weighted by atomic mass is 9.49. The molecule has 6 fully saturated rings. The number of fused-ring (bicyclic) bond motifs is 1. The number of halogens is 1. The molecule has 0 amide bonds. The molecule has 6 aliphatic rings. The third-order valence-electron chi connectivity index (χ3n) is 8.08. The molecule has 3 nitrogen and oxygen atoms in total. The van der Waals surface area contributed by atoms with Gasteiger partial charge in [0.25, 0.3) is 0 Å². The van der Waals surface area contributed by atoms with E-state index < -0.39 is 0 Å². The first-order chi connectivity index (χ1) is 12.1. The molecule has 4 saturated carbocycles. The Kier molecular flexibility index (Phi) is 4.13. The van der Waals surface area contributed by atoms with Crippen molar-refractivity contribution >= 4 is 17.6 Å². The highest BCUT2D eigenvalue weighted by molar-refractivity contribution is 6.24.